The zero-order valence-corrected chi connectivity index (χ0v) is 12.8. The Morgan fingerprint density at radius 3 is 2.57 bits per heavy atom. The van der Waals surface area contributed by atoms with Gasteiger partial charge in [-0.25, -0.2) is 0 Å². The molecule has 3 nitrogen and oxygen atoms in total. The van der Waals surface area contributed by atoms with Crippen LogP contribution in [-0.4, -0.2) is 30.9 Å². The van der Waals surface area contributed by atoms with Crippen molar-refractivity contribution < 1.29 is 9.53 Å². The predicted molar refractivity (Wildman–Crippen MR) is 83.5 cm³/mol. The number of rotatable bonds is 2. The minimum Gasteiger partial charge on any atom is -0.484 e. The molecule has 0 unspecified atom stereocenters. The number of nitrogens with zero attached hydrogens (tertiary/aromatic N) is 1. The standard InChI is InChI=1S/C18H23NO2/c1-19(2)12-15-17(20)14-10-6-7-11-16(14)21-18(15)13-8-4-3-5-9-13/h6-7,10-13,18H,3-5,8-9H2,1-2H3/b15-12-/t18-/m0/s1. The minimum atomic E-state index is -0.0879. The Hall–Kier alpha value is -1.77. The van der Waals surface area contributed by atoms with E-state index in [4.69, 9.17) is 4.74 Å². The monoisotopic (exact) mass is 285 g/mol. The van der Waals surface area contributed by atoms with Crippen molar-refractivity contribution in [3.63, 3.8) is 0 Å². The molecule has 0 N–H and O–H groups in total. The molecule has 1 atom stereocenters. The van der Waals surface area contributed by atoms with Crippen molar-refractivity contribution in [2.75, 3.05) is 14.1 Å². The third-order valence-corrected chi connectivity index (χ3v) is 4.43. The summed E-state index contributed by atoms with van der Waals surface area (Å²) >= 11 is 0. The molecule has 2 aliphatic rings. The molecule has 0 saturated heterocycles. The Bertz CT molecular complexity index is 556. The molecule has 0 bridgehead atoms. The Morgan fingerprint density at radius 2 is 1.86 bits per heavy atom. The number of hydrogen-bond donors (Lipinski definition) is 0. The third-order valence-electron chi connectivity index (χ3n) is 4.43. The Kier molecular flexibility index (Phi) is 4.00. The number of Topliss-reactive ketones (excluding diaryl/α,β-unsaturated/α-hetero) is 1. The highest BCUT2D eigenvalue weighted by Gasteiger charge is 2.37. The Balaban J connectivity index is 1.98. The van der Waals surface area contributed by atoms with E-state index in [9.17, 15) is 4.79 Å². The van der Waals surface area contributed by atoms with Gasteiger partial charge in [-0.1, -0.05) is 31.4 Å². The number of carbonyl (C=O) groups excluding carboxylic acids is 1. The van der Waals surface area contributed by atoms with Crippen LogP contribution in [0.4, 0.5) is 0 Å². The van der Waals surface area contributed by atoms with Crippen molar-refractivity contribution in [3.8, 4) is 5.75 Å². The maximum absolute atomic E-state index is 12.8. The van der Waals surface area contributed by atoms with Gasteiger partial charge in [0.2, 0.25) is 0 Å². The van der Waals surface area contributed by atoms with E-state index in [2.05, 4.69) is 0 Å². The number of fused-ring (bicyclic) bond motifs is 1. The van der Waals surface area contributed by atoms with Crippen LogP contribution in [-0.2, 0) is 0 Å². The normalized spacial score (nSPS) is 24.6. The number of ether oxygens (including phenoxy) is 1. The summed E-state index contributed by atoms with van der Waals surface area (Å²) in [4.78, 5) is 14.8. The topological polar surface area (TPSA) is 29.5 Å². The van der Waals surface area contributed by atoms with Gasteiger partial charge in [0.25, 0.3) is 0 Å². The van der Waals surface area contributed by atoms with E-state index in [1.54, 1.807) is 0 Å². The molecule has 1 aromatic rings. The highest BCUT2D eigenvalue weighted by molar-refractivity contribution is 6.12. The molecule has 1 saturated carbocycles. The summed E-state index contributed by atoms with van der Waals surface area (Å²) in [7, 11) is 3.91. The fourth-order valence-corrected chi connectivity index (χ4v) is 3.44. The van der Waals surface area contributed by atoms with E-state index in [1.165, 1.54) is 19.3 Å². The first-order valence-corrected chi connectivity index (χ1v) is 7.85. The van der Waals surface area contributed by atoms with Gasteiger partial charge in [0.05, 0.1) is 11.1 Å². The van der Waals surface area contributed by atoms with E-state index in [0.717, 1.165) is 24.2 Å². The summed E-state index contributed by atoms with van der Waals surface area (Å²) < 4.78 is 6.24. The van der Waals surface area contributed by atoms with Crippen molar-refractivity contribution in [1.82, 2.24) is 4.90 Å². The van der Waals surface area contributed by atoms with E-state index < -0.39 is 0 Å². The van der Waals surface area contributed by atoms with E-state index >= 15 is 0 Å². The molecule has 3 rings (SSSR count). The van der Waals surface area contributed by atoms with Crippen LogP contribution in [0.5, 0.6) is 5.75 Å². The first-order valence-electron chi connectivity index (χ1n) is 7.85. The van der Waals surface area contributed by atoms with Gasteiger partial charge in [0, 0.05) is 26.2 Å². The summed E-state index contributed by atoms with van der Waals surface area (Å²) in [5, 5.41) is 0. The summed E-state index contributed by atoms with van der Waals surface area (Å²) in [6.07, 6.45) is 7.97. The zero-order chi connectivity index (χ0) is 14.8. The number of benzene rings is 1. The summed E-state index contributed by atoms with van der Waals surface area (Å²) in [6, 6.07) is 7.60. The largest absolute Gasteiger partial charge is 0.484 e. The second-order valence-electron chi connectivity index (χ2n) is 6.31. The van der Waals surface area contributed by atoms with Crippen LogP contribution < -0.4 is 4.74 Å². The molecule has 0 aromatic heterocycles. The van der Waals surface area contributed by atoms with Crippen molar-refractivity contribution in [1.29, 1.82) is 0 Å². The van der Waals surface area contributed by atoms with E-state index in [0.29, 0.717) is 11.5 Å². The number of ketones is 1. The lowest BCUT2D eigenvalue weighted by Crippen LogP contribution is -2.38. The Labute approximate surface area is 126 Å². The SMILES string of the molecule is CN(C)/C=C1/C(=O)c2ccccc2O[C@H]1C1CCCCC1. The van der Waals surface area contributed by atoms with E-state index in [-0.39, 0.29) is 11.9 Å². The molecular formula is C18H23NO2. The van der Waals surface area contributed by atoms with Crippen LogP contribution >= 0.6 is 0 Å². The molecule has 21 heavy (non-hydrogen) atoms. The van der Waals surface area contributed by atoms with Crippen molar-refractivity contribution >= 4 is 5.78 Å². The molecular weight excluding hydrogens is 262 g/mol. The summed E-state index contributed by atoms with van der Waals surface area (Å²) in [5.74, 6) is 1.33. The van der Waals surface area contributed by atoms with Gasteiger partial charge in [-0.3, -0.25) is 4.79 Å². The molecule has 1 aromatic carbocycles. The molecule has 0 radical (unpaired) electrons. The lowest BCUT2D eigenvalue weighted by atomic mass is 9.79. The summed E-state index contributed by atoms with van der Waals surface area (Å²) in [6.45, 7) is 0. The van der Waals surface area contributed by atoms with Gasteiger partial charge in [0.15, 0.2) is 5.78 Å². The summed E-state index contributed by atoms with van der Waals surface area (Å²) in [5.41, 5.74) is 1.50. The van der Waals surface area contributed by atoms with Gasteiger partial charge in [-0.05, 0) is 25.0 Å². The molecule has 0 spiro atoms. The third kappa shape index (κ3) is 2.82. The van der Waals surface area contributed by atoms with Gasteiger partial charge < -0.3 is 9.64 Å². The molecule has 3 heteroatoms. The lowest BCUT2D eigenvalue weighted by molar-refractivity contribution is 0.0856. The van der Waals surface area contributed by atoms with E-state index in [1.807, 2.05) is 49.5 Å². The quantitative estimate of drug-likeness (QED) is 0.777. The highest BCUT2D eigenvalue weighted by Crippen LogP contribution is 2.38. The lowest BCUT2D eigenvalue weighted by Gasteiger charge is -2.35. The Morgan fingerprint density at radius 1 is 1.14 bits per heavy atom. The second-order valence-corrected chi connectivity index (χ2v) is 6.31. The minimum absolute atomic E-state index is 0.0879. The van der Waals surface area contributed by atoms with Gasteiger partial charge >= 0.3 is 0 Å². The zero-order valence-electron chi connectivity index (χ0n) is 12.8. The van der Waals surface area contributed by atoms with Crippen LogP contribution in [0, 0.1) is 5.92 Å². The number of carbonyl (C=O) groups is 1. The fourth-order valence-electron chi connectivity index (χ4n) is 3.44. The van der Waals surface area contributed by atoms with Crippen LogP contribution in [0.15, 0.2) is 36.0 Å². The smallest absolute Gasteiger partial charge is 0.197 e. The van der Waals surface area contributed by atoms with Gasteiger partial charge in [0.1, 0.15) is 11.9 Å². The maximum Gasteiger partial charge on any atom is 0.197 e. The number of hydrogen-bond acceptors (Lipinski definition) is 3. The van der Waals surface area contributed by atoms with Crippen molar-refractivity contribution in [2.45, 2.75) is 38.2 Å². The molecule has 1 heterocycles. The highest BCUT2D eigenvalue weighted by atomic mass is 16.5. The average molecular weight is 285 g/mol. The van der Waals surface area contributed by atoms with Crippen molar-refractivity contribution in [2.24, 2.45) is 5.92 Å². The molecule has 1 aliphatic heterocycles. The number of para-hydroxylation sites is 1. The van der Waals surface area contributed by atoms with Crippen LogP contribution in [0.3, 0.4) is 0 Å². The average Bonchev–Trinajstić information content (AvgIpc) is 2.50. The molecule has 112 valence electrons. The predicted octanol–water partition coefficient (Wildman–Crippen LogP) is 3.66. The van der Waals surface area contributed by atoms with Gasteiger partial charge in [-0.2, -0.15) is 0 Å². The van der Waals surface area contributed by atoms with Crippen LogP contribution in [0.2, 0.25) is 0 Å². The van der Waals surface area contributed by atoms with Gasteiger partial charge in [-0.15, -0.1) is 0 Å². The first-order chi connectivity index (χ1) is 10.2. The molecule has 1 fully saturated rings. The molecule has 1 aliphatic carbocycles. The van der Waals surface area contributed by atoms with Crippen LogP contribution in [0.25, 0.3) is 0 Å². The first kappa shape index (κ1) is 14.2. The molecule has 0 amide bonds. The van der Waals surface area contributed by atoms with Crippen molar-refractivity contribution in [3.05, 3.63) is 41.6 Å². The van der Waals surface area contributed by atoms with Crippen LogP contribution in [0.1, 0.15) is 42.5 Å². The second kappa shape index (κ2) is 5.92. The fraction of sp³-hybridized carbons (Fsp3) is 0.500. The maximum atomic E-state index is 12.8.